The lowest BCUT2D eigenvalue weighted by molar-refractivity contribution is -0.133. The summed E-state index contributed by atoms with van der Waals surface area (Å²) in [4.78, 5) is 34.0. The average molecular weight is 552 g/mol. The van der Waals surface area contributed by atoms with Crippen molar-refractivity contribution < 1.29 is 19.0 Å². The van der Waals surface area contributed by atoms with Gasteiger partial charge in [-0.25, -0.2) is 9.37 Å². The standard InChI is InChI=1S/C30H34FN3O4S/c1-4-30(37)15-38-14-19-20(30)11-24-28-18(13-34(24)29(19)36)27-23(33(5-2)25(35)7-6-10-39)9-8-17-16(3)21(31)12-22(32-28)26(17)27/h11-12,23,37,39H,4-10,13-15H2,1-3H3/t23-,30+/m0/s1. The van der Waals surface area contributed by atoms with Gasteiger partial charge in [0.25, 0.3) is 5.56 Å². The quantitative estimate of drug-likeness (QED) is 0.344. The normalized spacial score (nSPS) is 21.0. The summed E-state index contributed by atoms with van der Waals surface area (Å²) in [5.74, 6) is 0.414. The third-order valence-electron chi connectivity index (χ3n) is 8.96. The van der Waals surface area contributed by atoms with E-state index in [2.05, 4.69) is 12.6 Å². The third kappa shape index (κ3) is 3.88. The van der Waals surface area contributed by atoms with E-state index in [1.54, 1.807) is 11.5 Å². The number of ether oxygens (including phenoxy) is 1. The van der Waals surface area contributed by atoms with Crippen LogP contribution in [0.1, 0.15) is 79.0 Å². The van der Waals surface area contributed by atoms with E-state index >= 15 is 4.39 Å². The molecule has 206 valence electrons. The van der Waals surface area contributed by atoms with E-state index in [-0.39, 0.29) is 36.5 Å². The molecule has 1 aromatic carbocycles. The summed E-state index contributed by atoms with van der Waals surface area (Å²) in [5, 5.41) is 12.2. The largest absolute Gasteiger partial charge is 0.383 e. The molecule has 0 saturated heterocycles. The first-order valence-electron chi connectivity index (χ1n) is 13.9. The van der Waals surface area contributed by atoms with Crippen LogP contribution in [0.15, 0.2) is 16.9 Å². The highest BCUT2D eigenvalue weighted by Gasteiger charge is 2.40. The van der Waals surface area contributed by atoms with Crippen LogP contribution in [0.5, 0.6) is 0 Å². The molecule has 0 saturated carbocycles. The topological polar surface area (TPSA) is 84.7 Å². The molecule has 4 heterocycles. The van der Waals surface area contributed by atoms with Crippen LogP contribution in [-0.4, -0.2) is 44.4 Å². The van der Waals surface area contributed by atoms with Gasteiger partial charge in [0.1, 0.15) is 11.4 Å². The van der Waals surface area contributed by atoms with Crippen LogP contribution in [0.4, 0.5) is 4.39 Å². The molecule has 39 heavy (non-hydrogen) atoms. The third-order valence-corrected chi connectivity index (χ3v) is 9.28. The number of nitrogens with zero attached hydrogens (tertiary/aromatic N) is 3. The van der Waals surface area contributed by atoms with Crippen molar-refractivity contribution >= 4 is 29.4 Å². The molecule has 2 aromatic heterocycles. The number of hydrogen-bond acceptors (Lipinski definition) is 6. The van der Waals surface area contributed by atoms with Crippen LogP contribution >= 0.6 is 12.6 Å². The van der Waals surface area contributed by atoms with Crippen molar-refractivity contribution in [2.75, 3.05) is 18.9 Å². The number of benzene rings is 1. The Morgan fingerprint density at radius 1 is 1.31 bits per heavy atom. The molecule has 3 aliphatic rings. The SMILES string of the molecule is CCN(C(=O)CCCS)[C@H]1CCc2c(C)c(F)cc3nc4c(c1c23)Cn1c-4cc2c(c1=O)COC[C@]2(O)CC. The van der Waals surface area contributed by atoms with Gasteiger partial charge < -0.3 is 19.3 Å². The fourth-order valence-corrected chi connectivity index (χ4v) is 6.98. The van der Waals surface area contributed by atoms with E-state index in [0.717, 1.165) is 22.1 Å². The van der Waals surface area contributed by atoms with Gasteiger partial charge in [0, 0.05) is 35.5 Å². The summed E-state index contributed by atoms with van der Waals surface area (Å²) in [7, 11) is 0. The summed E-state index contributed by atoms with van der Waals surface area (Å²) in [6.45, 7) is 6.79. The highest BCUT2D eigenvalue weighted by Crippen LogP contribution is 2.47. The number of aryl methyl sites for hydroxylation is 1. The van der Waals surface area contributed by atoms with E-state index in [1.807, 2.05) is 24.8 Å². The number of amides is 1. The van der Waals surface area contributed by atoms with Crippen LogP contribution in [0, 0.1) is 12.7 Å². The van der Waals surface area contributed by atoms with Gasteiger partial charge in [-0.3, -0.25) is 9.59 Å². The molecule has 1 amide bonds. The molecule has 0 radical (unpaired) electrons. The zero-order chi connectivity index (χ0) is 27.6. The number of carbonyl (C=O) groups is 1. The van der Waals surface area contributed by atoms with Crippen LogP contribution < -0.4 is 5.56 Å². The Hall–Kier alpha value is -2.75. The Morgan fingerprint density at radius 3 is 2.82 bits per heavy atom. The molecule has 7 nitrogen and oxygen atoms in total. The van der Waals surface area contributed by atoms with Gasteiger partial charge in [0.2, 0.25) is 5.91 Å². The Bertz CT molecular complexity index is 1590. The van der Waals surface area contributed by atoms with E-state index in [0.29, 0.717) is 84.5 Å². The highest BCUT2D eigenvalue weighted by molar-refractivity contribution is 7.80. The van der Waals surface area contributed by atoms with E-state index in [4.69, 9.17) is 9.72 Å². The van der Waals surface area contributed by atoms with E-state index < -0.39 is 5.60 Å². The molecule has 1 N–H and O–H groups in total. The Morgan fingerprint density at radius 2 is 2.10 bits per heavy atom. The van der Waals surface area contributed by atoms with Gasteiger partial charge >= 0.3 is 0 Å². The molecule has 0 unspecified atom stereocenters. The Balaban J connectivity index is 1.62. The van der Waals surface area contributed by atoms with Crippen LogP contribution in [0.25, 0.3) is 22.3 Å². The number of pyridine rings is 2. The summed E-state index contributed by atoms with van der Waals surface area (Å²) < 4.78 is 22.4. The summed E-state index contributed by atoms with van der Waals surface area (Å²) in [6, 6.07) is 3.16. The van der Waals surface area contributed by atoms with Gasteiger partial charge in [-0.15, -0.1) is 0 Å². The van der Waals surface area contributed by atoms with Crippen molar-refractivity contribution in [3.8, 4) is 11.4 Å². The second-order valence-electron chi connectivity index (χ2n) is 11.0. The van der Waals surface area contributed by atoms with Crippen molar-refractivity contribution in [2.45, 2.75) is 77.7 Å². The number of halogens is 1. The van der Waals surface area contributed by atoms with Crippen LogP contribution in [-0.2, 0) is 34.7 Å². The number of aliphatic hydroxyl groups is 1. The van der Waals surface area contributed by atoms with Crippen LogP contribution in [0.2, 0.25) is 0 Å². The molecule has 2 aliphatic heterocycles. The van der Waals surface area contributed by atoms with E-state index in [1.165, 1.54) is 6.07 Å². The predicted octanol–water partition coefficient (Wildman–Crippen LogP) is 4.55. The van der Waals surface area contributed by atoms with Gasteiger partial charge in [0.15, 0.2) is 0 Å². The van der Waals surface area contributed by atoms with Crippen molar-refractivity contribution in [2.24, 2.45) is 0 Å². The maximum Gasteiger partial charge on any atom is 0.257 e. The predicted molar refractivity (Wildman–Crippen MR) is 151 cm³/mol. The van der Waals surface area contributed by atoms with Gasteiger partial charge in [-0.05, 0) is 73.6 Å². The van der Waals surface area contributed by atoms with Crippen LogP contribution in [0.3, 0.4) is 0 Å². The maximum absolute atomic E-state index is 15.1. The van der Waals surface area contributed by atoms with Gasteiger partial charge in [0.05, 0.1) is 42.7 Å². The molecule has 6 rings (SSSR count). The second-order valence-corrected chi connectivity index (χ2v) is 11.4. The lowest BCUT2D eigenvalue weighted by Crippen LogP contribution is -2.40. The number of carbonyl (C=O) groups excluding carboxylic acids is 1. The highest BCUT2D eigenvalue weighted by atomic mass is 32.1. The van der Waals surface area contributed by atoms with Crippen molar-refractivity contribution in [3.05, 3.63) is 61.7 Å². The Kier molecular flexibility index (Phi) is 6.59. The van der Waals surface area contributed by atoms with Gasteiger partial charge in [-0.2, -0.15) is 12.6 Å². The minimum atomic E-state index is -1.26. The molecule has 0 bridgehead atoms. The summed E-state index contributed by atoms with van der Waals surface area (Å²) in [5.41, 5.74) is 4.81. The average Bonchev–Trinajstić information content (AvgIpc) is 3.30. The Labute approximate surface area is 232 Å². The van der Waals surface area contributed by atoms with Gasteiger partial charge in [-0.1, -0.05) is 6.92 Å². The fourth-order valence-electron chi connectivity index (χ4n) is 6.82. The number of thiol groups is 1. The first kappa shape index (κ1) is 26.5. The molecule has 2 atom stereocenters. The number of rotatable bonds is 6. The summed E-state index contributed by atoms with van der Waals surface area (Å²) >= 11 is 4.29. The maximum atomic E-state index is 15.1. The monoisotopic (exact) mass is 551 g/mol. The second kappa shape index (κ2) is 9.71. The first-order chi connectivity index (χ1) is 18.7. The zero-order valence-corrected chi connectivity index (χ0v) is 23.5. The molecule has 9 heteroatoms. The van der Waals surface area contributed by atoms with Crippen molar-refractivity contribution in [1.29, 1.82) is 0 Å². The first-order valence-corrected chi connectivity index (χ1v) is 14.5. The van der Waals surface area contributed by atoms with E-state index in [9.17, 15) is 14.7 Å². The lowest BCUT2D eigenvalue weighted by Gasteiger charge is -2.37. The molecular formula is C30H34FN3O4S. The summed E-state index contributed by atoms with van der Waals surface area (Å²) in [6.07, 6.45) is 2.85. The molecular weight excluding hydrogens is 517 g/mol. The fraction of sp³-hybridized carbons (Fsp3) is 0.500. The molecule has 0 fully saturated rings. The minimum Gasteiger partial charge on any atom is -0.383 e. The molecule has 3 aromatic rings. The smallest absolute Gasteiger partial charge is 0.257 e. The zero-order valence-electron chi connectivity index (χ0n) is 22.6. The molecule has 1 aliphatic carbocycles. The van der Waals surface area contributed by atoms with Crippen molar-refractivity contribution in [3.63, 3.8) is 0 Å². The van der Waals surface area contributed by atoms with Crippen molar-refractivity contribution in [1.82, 2.24) is 14.5 Å². The lowest BCUT2D eigenvalue weighted by atomic mass is 9.81. The number of hydrogen-bond donors (Lipinski definition) is 2. The number of aromatic nitrogens is 2. The number of fused-ring (bicyclic) bond motifs is 5. The molecule has 0 spiro atoms. The minimum absolute atomic E-state index is 0.0749.